The van der Waals surface area contributed by atoms with Crippen molar-refractivity contribution in [3.05, 3.63) is 158 Å². The molecule has 0 aliphatic rings. The predicted molar refractivity (Wildman–Crippen MR) is 183 cm³/mol. The molecule has 0 unspecified atom stereocenters. The van der Waals surface area contributed by atoms with Crippen molar-refractivity contribution < 1.29 is 4.42 Å². The van der Waals surface area contributed by atoms with Crippen LogP contribution in [0.5, 0.6) is 0 Å². The first kappa shape index (κ1) is 24.0. The Hall–Kier alpha value is -5.66. The van der Waals surface area contributed by atoms with Crippen molar-refractivity contribution in [2.45, 2.75) is 0 Å². The van der Waals surface area contributed by atoms with Gasteiger partial charge in [-0.1, -0.05) is 127 Å². The molecule has 9 aromatic rings. The molecule has 0 N–H and O–H groups in total. The van der Waals surface area contributed by atoms with E-state index >= 15 is 0 Å². The summed E-state index contributed by atoms with van der Waals surface area (Å²) >= 11 is 0. The summed E-state index contributed by atoms with van der Waals surface area (Å²) in [7, 11) is 0. The number of furan rings is 1. The SMILES string of the molecule is c1cc(-c2ccc3oc4ccccc4c3c2)cc(-c2c3ccccc3c(-c3ccc4ccccc4c3)c3ccccc23)c1. The van der Waals surface area contributed by atoms with Crippen LogP contribution < -0.4 is 0 Å². The fourth-order valence-electron chi connectivity index (χ4n) is 6.86. The standard InChI is InChI=1S/C42H26O/c1-2-11-28-24-32(21-20-27(28)10-1)42-36-17-5-3-15-34(36)41(35-16-4-6-18-37(35)42)31-13-9-12-29(25-31)30-22-23-40-38(26-30)33-14-7-8-19-39(33)43-40/h1-26H. The number of para-hydroxylation sites is 1. The molecular weight excluding hydrogens is 520 g/mol. The number of fused-ring (bicyclic) bond motifs is 6. The van der Waals surface area contributed by atoms with Gasteiger partial charge in [0, 0.05) is 10.8 Å². The van der Waals surface area contributed by atoms with E-state index in [1.807, 2.05) is 12.1 Å². The molecule has 0 fully saturated rings. The van der Waals surface area contributed by atoms with E-state index in [-0.39, 0.29) is 0 Å². The maximum Gasteiger partial charge on any atom is 0.135 e. The number of benzene rings is 8. The second kappa shape index (κ2) is 9.44. The summed E-state index contributed by atoms with van der Waals surface area (Å²) < 4.78 is 6.10. The van der Waals surface area contributed by atoms with Crippen molar-refractivity contribution in [3.63, 3.8) is 0 Å². The van der Waals surface area contributed by atoms with E-state index in [9.17, 15) is 0 Å². The molecule has 43 heavy (non-hydrogen) atoms. The zero-order valence-corrected chi connectivity index (χ0v) is 23.4. The number of hydrogen-bond acceptors (Lipinski definition) is 1. The minimum atomic E-state index is 0.919. The molecule has 1 heteroatoms. The summed E-state index contributed by atoms with van der Waals surface area (Å²) in [5.41, 5.74) is 9.23. The minimum Gasteiger partial charge on any atom is -0.456 e. The molecule has 0 bridgehead atoms. The van der Waals surface area contributed by atoms with Gasteiger partial charge in [0.15, 0.2) is 0 Å². The van der Waals surface area contributed by atoms with Gasteiger partial charge in [0.05, 0.1) is 0 Å². The third kappa shape index (κ3) is 3.79. The van der Waals surface area contributed by atoms with Crippen LogP contribution in [-0.4, -0.2) is 0 Å². The van der Waals surface area contributed by atoms with Crippen LogP contribution in [-0.2, 0) is 0 Å². The predicted octanol–water partition coefficient (Wildman–Crippen LogP) is 12.0. The fourth-order valence-corrected chi connectivity index (χ4v) is 6.86. The van der Waals surface area contributed by atoms with Crippen LogP contribution in [0.1, 0.15) is 0 Å². The normalized spacial score (nSPS) is 11.7. The van der Waals surface area contributed by atoms with Gasteiger partial charge < -0.3 is 4.42 Å². The lowest BCUT2D eigenvalue weighted by Crippen LogP contribution is -1.91. The molecule has 0 spiro atoms. The van der Waals surface area contributed by atoms with E-state index < -0.39 is 0 Å². The van der Waals surface area contributed by atoms with Gasteiger partial charge in [0.2, 0.25) is 0 Å². The molecule has 1 nitrogen and oxygen atoms in total. The van der Waals surface area contributed by atoms with Gasteiger partial charge in [-0.3, -0.25) is 0 Å². The Bertz CT molecular complexity index is 2460. The van der Waals surface area contributed by atoms with Gasteiger partial charge >= 0.3 is 0 Å². The molecule has 0 saturated heterocycles. The molecule has 0 atom stereocenters. The average molecular weight is 547 g/mol. The summed E-state index contributed by atoms with van der Waals surface area (Å²) in [4.78, 5) is 0. The lowest BCUT2D eigenvalue weighted by Gasteiger charge is -2.18. The largest absolute Gasteiger partial charge is 0.456 e. The molecule has 200 valence electrons. The van der Waals surface area contributed by atoms with E-state index in [1.165, 1.54) is 65.7 Å². The summed E-state index contributed by atoms with van der Waals surface area (Å²) in [6.45, 7) is 0. The molecule has 1 heterocycles. The molecular formula is C42H26O. The van der Waals surface area contributed by atoms with Gasteiger partial charge in [-0.15, -0.1) is 0 Å². The van der Waals surface area contributed by atoms with Gasteiger partial charge in [-0.2, -0.15) is 0 Å². The van der Waals surface area contributed by atoms with Crippen LogP contribution in [0.4, 0.5) is 0 Å². The second-order valence-electron chi connectivity index (χ2n) is 11.3. The van der Waals surface area contributed by atoms with Crippen molar-refractivity contribution >= 4 is 54.3 Å². The molecule has 1 aromatic heterocycles. The van der Waals surface area contributed by atoms with Gasteiger partial charge in [0.25, 0.3) is 0 Å². The first-order valence-corrected chi connectivity index (χ1v) is 14.8. The summed E-state index contributed by atoms with van der Waals surface area (Å²) in [5.74, 6) is 0. The van der Waals surface area contributed by atoms with Crippen LogP contribution in [0.2, 0.25) is 0 Å². The Balaban J connectivity index is 1.28. The Morgan fingerprint density at radius 2 is 0.791 bits per heavy atom. The molecule has 0 aliphatic carbocycles. The molecule has 9 rings (SSSR count). The smallest absolute Gasteiger partial charge is 0.135 e. The molecule has 0 aliphatic heterocycles. The highest BCUT2D eigenvalue weighted by atomic mass is 16.3. The van der Waals surface area contributed by atoms with Crippen molar-refractivity contribution in [3.8, 4) is 33.4 Å². The lowest BCUT2D eigenvalue weighted by atomic mass is 9.85. The minimum absolute atomic E-state index is 0.919. The average Bonchev–Trinajstić information content (AvgIpc) is 3.45. The van der Waals surface area contributed by atoms with Crippen LogP contribution in [0.15, 0.2) is 162 Å². The lowest BCUT2D eigenvalue weighted by molar-refractivity contribution is 0.669. The monoisotopic (exact) mass is 546 g/mol. The zero-order valence-electron chi connectivity index (χ0n) is 23.4. The number of hydrogen-bond donors (Lipinski definition) is 0. The van der Waals surface area contributed by atoms with E-state index in [2.05, 4.69) is 146 Å². The topological polar surface area (TPSA) is 13.1 Å². The molecule has 0 amide bonds. The highest BCUT2D eigenvalue weighted by molar-refractivity contribution is 6.22. The van der Waals surface area contributed by atoms with Crippen LogP contribution in [0, 0.1) is 0 Å². The Labute approximate surface area is 249 Å². The highest BCUT2D eigenvalue weighted by Crippen LogP contribution is 2.44. The van der Waals surface area contributed by atoms with Gasteiger partial charge in [-0.05, 0) is 96.0 Å². The van der Waals surface area contributed by atoms with Crippen LogP contribution in [0.3, 0.4) is 0 Å². The molecule has 0 saturated carbocycles. The Kier molecular flexibility index (Phi) is 5.27. The third-order valence-electron chi connectivity index (χ3n) is 8.83. The van der Waals surface area contributed by atoms with E-state index in [4.69, 9.17) is 4.42 Å². The zero-order chi connectivity index (χ0) is 28.3. The first-order chi connectivity index (χ1) is 21.3. The highest BCUT2D eigenvalue weighted by Gasteiger charge is 2.17. The van der Waals surface area contributed by atoms with E-state index in [0.29, 0.717) is 0 Å². The summed E-state index contributed by atoms with van der Waals surface area (Å²) in [6.07, 6.45) is 0. The summed E-state index contributed by atoms with van der Waals surface area (Å²) in [6, 6.07) is 57.0. The maximum atomic E-state index is 6.10. The first-order valence-electron chi connectivity index (χ1n) is 14.8. The Morgan fingerprint density at radius 1 is 0.279 bits per heavy atom. The van der Waals surface area contributed by atoms with Crippen molar-refractivity contribution in [2.75, 3.05) is 0 Å². The maximum absolute atomic E-state index is 6.10. The van der Waals surface area contributed by atoms with Crippen molar-refractivity contribution in [1.29, 1.82) is 0 Å². The van der Waals surface area contributed by atoms with Crippen LogP contribution >= 0.6 is 0 Å². The van der Waals surface area contributed by atoms with Crippen molar-refractivity contribution in [2.24, 2.45) is 0 Å². The Morgan fingerprint density at radius 3 is 1.51 bits per heavy atom. The molecule has 8 aromatic carbocycles. The van der Waals surface area contributed by atoms with Crippen LogP contribution in [0.25, 0.3) is 87.6 Å². The van der Waals surface area contributed by atoms with Gasteiger partial charge in [0.1, 0.15) is 11.2 Å². The van der Waals surface area contributed by atoms with E-state index in [1.54, 1.807) is 0 Å². The second-order valence-corrected chi connectivity index (χ2v) is 11.3. The quantitative estimate of drug-likeness (QED) is 0.201. The van der Waals surface area contributed by atoms with E-state index in [0.717, 1.165) is 21.9 Å². The summed E-state index contributed by atoms with van der Waals surface area (Å²) in [5, 5.41) is 9.87. The third-order valence-corrected chi connectivity index (χ3v) is 8.83. The van der Waals surface area contributed by atoms with Gasteiger partial charge in [-0.25, -0.2) is 0 Å². The van der Waals surface area contributed by atoms with Crippen molar-refractivity contribution in [1.82, 2.24) is 0 Å². The molecule has 0 radical (unpaired) electrons. The fraction of sp³-hybridized carbons (Fsp3) is 0. The number of rotatable bonds is 3.